The maximum absolute atomic E-state index is 13.6. The van der Waals surface area contributed by atoms with Gasteiger partial charge >= 0.3 is 0 Å². The van der Waals surface area contributed by atoms with Crippen molar-refractivity contribution in [3.8, 4) is 11.5 Å². The highest BCUT2D eigenvalue weighted by molar-refractivity contribution is 5.96. The molecule has 10 nitrogen and oxygen atoms in total. The number of nitro groups is 2. The van der Waals surface area contributed by atoms with Crippen LogP contribution in [0.3, 0.4) is 0 Å². The van der Waals surface area contributed by atoms with Crippen LogP contribution in [0.5, 0.6) is 11.5 Å². The van der Waals surface area contributed by atoms with Gasteiger partial charge in [0.15, 0.2) is 11.5 Å². The first-order valence-electron chi connectivity index (χ1n) is 10.4. The Balaban J connectivity index is 1.86. The van der Waals surface area contributed by atoms with Crippen molar-refractivity contribution in [3.63, 3.8) is 0 Å². The van der Waals surface area contributed by atoms with E-state index < -0.39 is 33.2 Å². The minimum Gasteiger partial charge on any atom is -0.493 e. The average Bonchev–Trinajstić information content (AvgIpc) is 2.86. The van der Waals surface area contributed by atoms with E-state index >= 15 is 0 Å². The van der Waals surface area contributed by atoms with E-state index in [9.17, 15) is 25.0 Å². The molecule has 0 radical (unpaired) electrons. The smallest absolute Gasteiger partial charge is 0.277 e. The van der Waals surface area contributed by atoms with Gasteiger partial charge in [0.1, 0.15) is 0 Å². The van der Waals surface area contributed by atoms with Crippen LogP contribution >= 0.6 is 0 Å². The molecule has 10 heteroatoms. The van der Waals surface area contributed by atoms with E-state index in [1.165, 1.54) is 7.11 Å². The number of fused-ring (bicyclic) bond motifs is 1. The number of methoxy groups -OCH3 is 2. The summed E-state index contributed by atoms with van der Waals surface area (Å²) in [6.07, 6.45) is 0.502. The van der Waals surface area contributed by atoms with Crippen LogP contribution in [0, 0.1) is 20.2 Å². The highest BCUT2D eigenvalue weighted by atomic mass is 16.6. The third-order valence-electron chi connectivity index (χ3n) is 5.82. The number of amides is 1. The number of hydrogen-bond acceptors (Lipinski definition) is 7. The van der Waals surface area contributed by atoms with Crippen LogP contribution in [0.4, 0.5) is 11.4 Å². The predicted molar refractivity (Wildman–Crippen MR) is 122 cm³/mol. The van der Waals surface area contributed by atoms with Crippen molar-refractivity contribution < 1.29 is 24.1 Å². The summed E-state index contributed by atoms with van der Waals surface area (Å²) in [5.41, 5.74) is 1.47. The minimum absolute atomic E-state index is 0.120. The van der Waals surface area contributed by atoms with Crippen LogP contribution in [0.1, 0.15) is 33.1 Å². The Morgan fingerprint density at radius 1 is 0.912 bits per heavy atom. The van der Waals surface area contributed by atoms with Gasteiger partial charge in [-0.15, -0.1) is 0 Å². The van der Waals surface area contributed by atoms with Gasteiger partial charge in [0.05, 0.1) is 41.7 Å². The molecule has 0 aromatic heterocycles. The molecule has 0 N–H and O–H groups in total. The Kier molecular flexibility index (Phi) is 6.13. The number of hydrogen-bond donors (Lipinski definition) is 0. The second-order valence-electron chi connectivity index (χ2n) is 7.72. The number of carbonyl (C=O) groups excluding carboxylic acids is 1. The number of carbonyl (C=O) groups is 1. The predicted octanol–water partition coefficient (Wildman–Crippen LogP) is 4.31. The van der Waals surface area contributed by atoms with Gasteiger partial charge in [-0.2, -0.15) is 0 Å². The fourth-order valence-electron chi connectivity index (χ4n) is 4.25. The van der Waals surface area contributed by atoms with Crippen molar-refractivity contribution in [2.24, 2.45) is 0 Å². The summed E-state index contributed by atoms with van der Waals surface area (Å²) in [6.45, 7) is 0.303. The van der Waals surface area contributed by atoms with Crippen molar-refractivity contribution >= 4 is 17.3 Å². The number of benzene rings is 3. The third kappa shape index (κ3) is 4.13. The first-order chi connectivity index (χ1) is 16.3. The Bertz CT molecular complexity index is 1240. The molecule has 0 spiro atoms. The van der Waals surface area contributed by atoms with Crippen LogP contribution in [0.25, 0.3) is 0 Å². The molecule has 0 saturated carbocycles. The SMILES string of the molecule is COc1cc2c(cc1OC)[C@@H](c1ccccc1)N(C(=O)c1cc([N+](=O)[O-])cc([N+](=O)[O-])c1)CC2. The van der Waals surface area contributed by atoms with Gasteiger partial charge in [-0.3, -0.25) is 25.0 Å². The van der Waals surface area contributed by atoms with Gasteiger partial charge in [0.2, 0.25) is 0 Å². The summed E-state index contributed by atoms with van der Waals surface area (Å²) in [7, 11) is 3.07. The molecule has 34 heavy (non-hydrogen) atoms. The van der Waals surface area contributed by atoms with Crippen molar-refractivity contribution in [2.45, 2.75) is 12.5 Å². The monoisotopic (exact) mass is 463 g/mol. The number of nitro benzene ring substituents is 2. The average molecular weight is 463 g/mol. The van der Waals surface area contributed by atoms with Crippen LogP contribution in [0.2, 0.25) is 0 Å². The molecule has 1 heterocycles. The van der Waals surface area contributed by atoms with E-state index in [0.717, 1.165) is 34.9 Å². The van der Waals surface area contributed by atoms with E-state index in [1.807, 2.05) is 42.5 Å². The number of rotatable bonds is 6. The molecule has 0 bridgehead atoms. The first-order valence-corrected chi connectivity index (χ1v) is 10.4. The second-order valence-corrected chi connectivity index (χ2v) is 7.72. The van der Waals surface area contributed by atoms with Gasteiger partial charge in [-0.25, -0.2) is 0 Å². The van der Waals surface area contributed by atoms with Crippen molar-refractivity contribution in [1.29, 1.82) is 0 Å². The molecular formula is C24H21N3O7. The maximum atomic E-state index is 13.6. The molecule has 174 valence electrons. The molecule has 3 aromatic carbocycles. The lowest BCUT2D eigenvalue weighted by molar-refractivity contribution is -0.394. The molecule has 1 aliphatic heterocycles. The van der Waals surface area contributed by atoms with Crippen LogP contribution < -0.4 is 9.47 Å². The second kappa shape index (κ2) is 9.18. The first kappa shape index (κ1) is 22.7. The third-order valence-corrected chi connectivity index (χ3v) is 5.82. The minimum atomic E-state index is -0.749. The Hall–Kier alpha value is -4.47. The molecule has 1 amide bonds. The Labute approximate surface area is 194 Å². The number of non-ortho nitro benzene ring substituents is 2. The number of nitrogens with zero attached hydrogens (tertiary/aromatic N) is 3. The fraction of sp³-hybridized carbons (Fsp3) is 0.208. The van der Waals surface area contributed by atoms with Gasteiger partial charge < -0.3 is 14.4 Å². The molecular weight excluding hydrogens is 442 g/mol. The summed E-state index contributed by atoms with van der Waals surface area (Å²) in [4.78, 5) is 36.4. The molecule has 0 unspecified atom stereocenters. The summed E-state index contributed by atoms with van der Waals surface area (Å²) < 4.78 is 10.9. The maximum Gasteiger partial charge on any atom is 0.277 e. The summed E-state index contributed by atoms with van der Waals surface area (Å²) in [5.74, 6) is 0.533. The Morgan fingerprint density at radius 3 is 2.06 bits per heavy atom. The number of ether oxygens (including phenoxy) is 2. The van der Waals surface area contributed by atoms with E-state index in [2.05, 4.69) is 0 Å². The van der Waals surface area contributed by atoms with Gasteiger partial charge in [-0.1, -0.05) is 30.3 Å². The van der Waals surface area contributed by atoms with Gasteiger partial charge in [0.25, 0.3) is 17.3 Å². The van der Waals surface area contributed by atoms with E-state index in [-0.39, 0.29) is 5.56 Å². The highest BCUT2D eigenvalue weighted by Crippen LogP contribution is 2.41. The van der Waals surface area contributed by atoms with Gasteiger partial charge in [0, 0.05) is 18.7 Å². The zero-order valence-corrected chi connectivity index (χ0v) is 18.5. The van der Waals surface area contributed by atoms with Crippen molar-refractivity contribution in [3.05, 3.63) is 103 Å². The Morgan fingerprint density at radius 2 is 1.50 bits per heavy atom. The largest absolute Gasteiger partial charge is 0.493 e. The summed E-state index contributed by atoms with van der Waals surface area (Å²) in [6, 6.07) is 15.5. The fourth-order valence-corrected chi connectivity index (χ4v) is 4.25. The lowest BCUT2D eigenvalue weighted by atomic mass is 9.87. The molecule has 1 atom stereocenters. The standard InChI is InChI=1S/C24H21N3O7/c1-33-21-12-16-8-9-25(23(15-6-4-3-5-7-15)20(16)14-22(21)34-2)24(28)17-10-18(26(29)30)13-19(11-17)27(31)32/h3-7,10-14,23H,8-9H2,1-2H3/t23-/m1/s1. The van der Waals surface area contributed by atoms with Crippen LogP contribution in [0.15, 0.2) is 60.7 Å². The normalized spacial score (nSPS) is 14.8. The summed E-state index contributed by atoms with van der Waals surface area (Å²) in [5, 5.41) is 22.7. The topological polar surface area (TPSA) is 125 Å². The van der Waals surface area contributed by atoms with Crippen molar-refractivity contribution in [1.82, 2.24) is 4.90 Å². The highest BCUT2D eigenvalue weighted by Gasteiger charge is 2.35. The molecule has 3 aromatic rings. The molecule has 0 saturated heterocycles. The quantitative estimate of drug-likeness (QED) is 0.394. The van der Waals surface area contributed by atoms with E-state index in [0.29, 0.717) is 24.5 Å². The van der Waals surface area contributed by atoms with Crippen LogP contribution in [-0.4, -0.2) is 41.4 Å². The van der Waals surface area contributed by atoms with E-state index in [1.54, 1.807) is 12.0 Å². The lowest BCUT2D eigenvalue weighted by Crippen LogP contribution is -2.40. The summed E-state index contributed by atoms with van der Waals surface area (Å²) >= 11 is 0. The molecule has 0 aliphatic carbocycles. The molecule has 4 rings (SSSR count). The van der Waals surface area contributed by atoms with Crippen LogP contribution in [-0.2, 0) is 6.42 Å². The van der Waals surface area contributed by atoms with Crippen molar-refractivity contribution in [2.75, 3.05) is 20.8 Å². The lowest BCUT2D eigenvalue weighted by Gasteiger charge is -2.38. The zero-order chi connectivity index (χ0) is 24.4. The van der Waals surface area contributed by atoms with Gasteiger partial charge in [-0.05, 0) is 35.2 Å². The molecule has 0 fully saturated rings. The zero-order valence-electron chi connectivity index (χ0n) is 18.5. The molecule has 1 aliphatic rings. The van der Waals surface area contributed by atoms with E-state index in [4.69, 9.17) is 9.47 Å².